The molecule has 0 aromatic carbocycles. The molecule has 6 nitrogen and oxygen atoms in total. The minimum absolute atomic E-state index is 0.00168. The normalized spacial score (nSPS) is 13.9. The summed E-state index contributed by atoms with van der Waals surface area (Å²) in [6.45, 7) is 4.19. The van der Waals surface area contributed by atoms with Gasteiger partial charge < -0.3 is 20.1 Å². The topological polar surface area (TPSA) is 76.7 Å². The van der Waals surface area contributed by atoms with Gasteiger partial charge in [0.1, 0.15) is 6.54 Å². The van der Waals surface area contributed by atoms with E-state index in [9.17, 15) is 9.59 Å². The van der Waals surface area contributed by atoms with Crippen LogP contribution in [0.25, 0.3) is 0 Å². The summed E-state index contributed by atoms with van der Waals surface area (Å²) in [6, 6.07) is 0. The first kappa shape index (κ1) is 16.4. The summed E-state index contributed by atoms with van der Waals surface area (Å²) in [7, 11) is 0. The molecule has 1 aliphatic carbocycles. The van der Waals surface area contributed by atoms with Crippen LogP contribution >= 0.6 is 12.2 Å². The zero-order valence-corrected chi connectivity index (χ0v) is 12.6. The van der Waals surface area contributed by atoms with Gasteiger partial charge in [-0.15, -0.1) is 0 Å². The van der Waals surface area contributed by atoms with E-state index in [1.165, 1.54) is 0 Å². The number of carbonyl (C=O) groups excluding carboxylic acids is 2. The van der Waals surface area contributed by atoms with Gasteiger partial charge in [0.25, 0.3) is 0 Å². The largest absolute Gasteiger partial charge is 0.465 e. The van der Waals surface area contributed by atoms with Gasteiger partial charge in [0.15, 0.2) is 5.11 Å². The first-order chi connectivity index (χ1) is 9.58. The maximum absolute atomic E-state index is 11.7. The van der Waals surface area contributed by atoms with Gasteiger partial charge in [-0.1, -0.05) is 0 Å². The smallest absolute Gasteiger partial charge is 0.335 e. The van der Waals surface area contributed by atoms with Crippen molar-refractivity contribution in [3.63, 3.8) is 0 Å². The Bertz CT molecular complexity index is 421. The fraction of sp³-hybridized carbons (Fsp3) is 0.615. The molecule has 0 radical (unpaired) electrons. The maximum atomic E-state index is 11.7. The molecule has 0 atom stereocenters. The van der Waals surface area contributed by atoms with Gasteiger partial charge in [-0.05, 0) is 45.3 Å². The predicted molar refractivity (Wildman–Crippen MR) is 77.9 cm³/mol. The summed E-state index contributed by atoms with van der Waals surface area (Å²) in [5, 5.41) is 6.00. The van der Waals surface area contributed by atoms with Crippen LogP contribution in [-0.4, -0.2) is 36.8 Å². The Morgan fingerprint density at radius 2 is 1.90 bits per heavy atom. The van der Waals surface area contributed by atoms with Gasteiger partial charge in [0.05, 0.1) is 18.8 Å². The molecule has 20 heavy (non-hydrogen) atoms. The molecule has 0 fully saturated rings. The number of rotatable bonds is 6. The Kier molecular flexibility index (Phi) is 7.00. The highest BCUT2D eigenvalue weighted by atomic mass is 32.1. The molecule has 2 N–H and O–H groups in total. The Morgan fingerprint density at radius 1 is 1.20 bits per heavy atom. The molecular weight excluding hydrogens is 280 g/mol. The fourth-order valence-corrected chi connectivity index (χ4v) is 2.07. The predicted octanol–water partition coefficient (Wildman–Crippen LogP) is 1.01. The van der Waals surface area contributed by atoms with Gasteiger partial charge >= 0.3 is 11.9 Å². The molecule has 0 saturated carbocycles. The molecular formula is C13H20N2O4S. The van der Waals surface area contributed by atoms with E-state index in [0.29, 0.717) is 30.3 Å². The highest BCUT2D eigenvalue weighted by Crippen LogP contribution is 2.24. The number of carbonyl (C=O) groups is 2. The molecule has 0 aromatic heterocycles. The Hall–Kier alpha value is -1.63. The summed E-state index contributed by atoms with van der Waals surface area (Å²) in [6.07, 6.45) is 2.31. The molecule has 0 aromatic rings. The number of thiocarbonyl (C=S) groups is 1. The molecule has 0 aliphatic heterocycles. The zero-order valence-electron chi connectivity index (χ0n) is 11.8. The van der Waals surface area contributed by atoms with Crippen LogP contribution in [0.4, 0.5) is 0 Å². The van der Waals surface area contributed by atoms with E-state index < -0.39 is 0 Å². The molecule has 1 rings (SSSR count). The van der Waals surface area contributed by atoms with Crippen LogP contribution in [0.3, 0.4) is 0 Å². The van der Waals surface area contributed by atoms with Crippen molar-refractivity contribution in [2.24, 2.45) is 0 Å². The fourth-order valence-electron chi connectivity index (χ4n) is 1.87. The Balaban J connectivity index is 2.49. The molecule has 0 amide bonds. The van der Waals surface area contributed by atoms with Gasteiger partial charge in [0.2, 0.25) is 0 Å². The number of nitrogens with one attached hydrogen (secondary N) is 2. The van der Waals surface area contributed by atoms with E-state index >= 15 is 0 Å². The molecule has 7 heteroatoms. The van der Waals surface area contributed by atoms with Crippen LogP contribution in [-0.2, 0) is 19.1 Å². The van der Waals surface area contributed by atoms with Crippen molar-refractivity contribution in [3.8, 4) is 0 Å². The van der Waals surface area contributed by atoms with Gasteiger partial charge in [-0.3, -0.25) is 4.79 Å². The summed E-state index contributed by atoms with van der Waals surface area (Å²) >= 11 is 5.08. The van der Waals surface area contributed by atoms with Crippen molar-refractivity contribution in [1.82, 2.24) is 10.6 Å². The van der Waals surface area contributed by atoms with Gasteiger partial charge in [-0.2, -0.15) is 0 Å². The lowest BCUT2D eigenvalue weighted by Gasteiger charge is -2.12. The highest BCUT2D eigenvalue weighted by Gasteiger charge is 2.22. The lowest BCUT2D eigenvalue weighted by Crippen LogP contribution is -2.38. The standard InChI is InChI=1S/C13H20N2O4S/c1-3-18-11(16)8-14-13(20)15-10-7-5-6-9(10)12(17)19-4-2/h3-8H2,1-2H3,(H2,14,15,20). The average Bonchev–Trinajstić information content (AvgIpc) is 2.85. The first-order valence-electron chi connectivity index (χ1n) is 6.68. The van der Waals surface area contributed by atoms with Crippen LogP contribution in [0.2, 0.25) is 0 Å². The summed E-state index contributed by atoms with van der Waals surface area (Å²) < 4.78 is 9.77. The minimum Gasteiger partial charge on any atom is -0.465 e. The summed E-state index contributed by atoms with van der Waals surface area (Å²) in [5.74, 6) is -0.677. The number of ether oxygens (including phenoxy) is 2. The van der Waals surface area contributed by atoms with Crippen LogP contribution in [0.15, 0.2) is 11.3 Å². The molecule has 0 spiro atoms. The zero-order chi connectivity index (χ0) is 15.0. The summed E-state index contributed by atoms with van der Waals surface area (Å²) in [4.78, 5) is 22.9. The van der Waals surface area contributed by atoms with Crippen LogP contribution in [0, 0.1) is 0 Å². The van der Waals surface area contributed by atoms with E-state index in [-0.39, 0.29) is 18.5 Å². The second kappa shape index (κ2) is 8.52. The van der Waals surface area contributed by atoms with Crippen LogP contribution < -0.4 is 10.6 Å². The van der Waals surface area contributed by atoms with E-state index in [4.69, 9.17) is 21.7 Å². The van der Waals surface area contributed by atoms with Crippen molar-refractivity contribution in [2.75, 3.05) is 19.8 Å². The minimum atomic E-state index is -0.373. The van der Waals surface area contributed by atoms with E-state index in [2.05, 4.69) is 10.6 Å². The van der Waals surface area contributed by atoms with Crippen molar-refractivity contribution in [1.29, 1.82) is 0 Å². The van der Waals surface area contributed by atoms with E-state index in [1.54, 1.807) is 13.8 Å². The molecule has 112 valence electrons. The van der Waals surface area contributed by atoms with Gasteiger partial charge in [0, 0.05) is 5.70 Å². The van der Waals surface area contributed by atoms with Crippen molar-refractivity contribution >= 4 is 29.3 Å². The number of hydrogen-bond donors (Lipinski definition) is 2. The average molecular weight is 300 g/mol. The molecule has 0 heterocycles. The maximum Gasteiger partial charge on any atom is 0.335 e. The molecule has 0 unspecified atom stereocenters. The SMILES string of the molecule is CCOC(=O)CNC(=S)NC1=C(C(=O)OCC)CCC1. The van der Waals surface area contributed by atoms with E-state index in [0.717, 1.165) is 18.5 Å². The second-order valence-corrected chi connectivity index (χ2v) is 4.55. The molecule has 0 bridgehead atoms. The third-order valence-corrected chi connectivity index (χ3v) is 2.95. The first-order valence-corrected chi connectivity index (χ1v) is 7.08. The van der Waals surface area contributed by atoms with Gasteiger partial charge in [-0.25, -0.2) is 4.79 Å². The van der Waals surface area contributed by atoms with Crippen molar-refractivity contribution in [2.45, 2.75) is 33.1 Å². The highest BCUT2D eigenvalue weighted by molar-refractivity contribution is 7.80. The molecule has 1 aliphatic rings. The third kappa shape index (κ3) is 5.16. The number of allylic oxidation sites excluding steroid dienone is 1. The third-order valence-electron chi connectivity index (χ3n) is 2.70. The van der Waals surface area contributed by atoms with Crippen LogP contribution in [0.1, 0.15) is 33.1 Å². The second-order valence-electron chi connectivity index (χ2n) is 4.14. The Labute approximate surface area is 123 Å². The summed E-state index contributed by atoms with van der Waals surface area (Å²) in [5.41, 5.74) is 1.40. The van der Waals surface area contributed by atoms with Crippen molar-refractivity contribution in [3.05, 3.63) is 11.3 Å². The van der Waals surface area contributed by atoms with Crippen molar-refractivity contribution < 1.29 is 19.1 Å². The quantitative estimate of drug-likeness (QED) is 0.560. The monoisotopic (exact) mass is 300 g/mol. The Morgan fingerprint density at radius 3 is 2.55 bits per heavy atom. The number of esters is 2. The lowest BCUT2D eigenvalue weighted by molar-refractivity contribution is -0.141. The van der Waals surface area contributed by atoms with Crippen LogP contribution in [0.5, 0.6) is 0 Å². The van der Waals surface area contributed by atoms with E-state index in [1.807, 2.05) is 0 Å². The number of hydrogen-bond acceptors (Lipinski definition) is 5. The lowest BCUT2D eigenvalue weighted by atomic mass is 10.2. The molecule has 0 saturated heterocycles.